The maximum atomic E-state index is 13.4. The minimum Gasteiger partial charge on any atom is -0.453 e. The molecule has 1 aliphatic heterocycles. The standard InChI is InChI=1S/C33H32F3N7O5S/c1-5-6-21-8-7-20(2)17-26(21)43-27(44)18-49-31(43)39-30(45)38-29(41(3)32(46)47-4)23-11-9-22(10-12-23)28-37-19-42(40-28)24-13-15-25(16-14-24)48-33(34,35)36/h7-17,19,29H,5-6,18H2,1-4H3,(H,38,45). The molecule has 49 heavy (non-hydrogen) atoms. The number of carbonyl (C=O) groups excluding carboxylic acids is 3. The van der Waals surface area contributed by atoms with Crippen molar-refractivity contribution in [2.24, 2.45) is 4.99 Å². The van der Waals surface area contributed by atoms with Gasteiger partial charge in [-0.25, -0.2) is 19.3 Å². The third-order valence-electron chi connectivity index (χ3n) is 7.39. The number of hydrogen-bond donors (Lipinski definition) is 1. The Morgan fingerprint density at radius 3 is 2.47 bits per heavy atom. The average Bonchev–Trinajstić information content (AvgIpc) is 3.70. The van der Waals surface area contributed by atoms with E-state index in [9.17, 15) is 27.6 Å². The van der Waals surface area contributed by atoms with Gasteiger partial charge in [0.2, 0.25) is 5.91 Å². The van der Waals surface area contributed by atoms with Gasteiger partial charge < -0.3 is 14.8 Å². The van der Waals surface area contributed by atoms with Crippen molar-refractivity contribution in [3.05, 3.63) is 89.7 Å². The zero-order valence-electron chi connectivity index (χ0n) is 26.9. The lowest BCUT2D eigenvalue weighted by atomic mass is 10.0. The molecule has 5 rings (SSSR count). The van der Waals surface area contributed by atoms with Crippen molar-refractivity contribution in [3.8, 4) is 22.8 Å². The summed E-state index contributed by atoms with van der Waals surface area (Å²) >= 11 is 1.15. The first-order valence-electron chi connectivity index (χ1n) is 15.0. The van der Waals surface area contributed by atoms with Gasteiger partial charge in [-0.1, -0.05) is 61.5 Å². The van der Waals surface area contributed by atoms with Gasteiger partial charge in [-0.2, -0.15) is 4.99 Å². The number of amidine groups is 1. The van der Waals surface area contributed by atoms with Crippen LogP contribution in [0.25, 0.3) is 17.1 Å². The predicted octanol–water partition coefficient (Wildman–Crippen LogP) is 6.64. The third kappa shape index (κ3) is 8.38. The van der Waals surface area contributed by atoms with Crippen LogP contribution in [0.2, 0.25) is 0 Å². The van der Waals surface area contributed by atoms with Crippen molar-refractivity contribution in [1.82, 2.24) is 25.0 Å². The van der Waals surface area contributed by atoms with Gasteiger partial charge in [0.25, 0.3) is 0 Å². The van der Waals surface area contributed by atoms with Gasteiger partial charge >= 0.3 is 18.5 Å². The SMILES string of the molecule is CCCc1ccc(C)cc1N1C(=O)CSC1=NC(=O)NC(c1ccc(-c2ncn(-c3ccc(OC(F)(F)F)cc3)n2)cc1)N(C)C(=O)OC. The van der Waals surface area contributed by atoms with E-state index < -0.39 is 24.7 Å². The van der Waals surface area contributed by atoms with Crippen LogP contribution in [0.4, 0.5) is 28.4 Å². The summed E-state index contributed by atoms with van der Waals surface area (Å²) in [5.41, 5.74) is 4.16. The van der Waals surface area contributed by atoms with Crippen LogP contribution in [0.15, 0.2) is 78.0 Å². The summed E-state index contributed by atoms with van der Waals surface area (Å²) in [4.78, 5) is 50.1. The van der Waals surface area contributed by atoms with Crippen LogP contribution in [0.1, 0.15) is 36.2 Å². The van der Waals surface area contributed by atoms with Crippen molar-refractivity contribution in [2.75, 3.05) is 24.8 Å². The molecule has 1 unspecified atom stereocenters. The molecule has 1 aromatic heterocycles. The number of thioether (sulfide) groups is 1. The summed E-state index contributed by atoms with van der Waals surface area (Å²) < 4.78 is 47.7. The van der Waals surface area contributed by atoms with E-state index in [1.54, 1.807) is 24.3 Å². The second-order valence-electron chi connectivity index (χ2n) is 10.9. The number of urea groups is 1. The number of nitrogens with zero attached hydrogens (tertiary/aromatic N) is 6. The van der Waals surface area contributed by atoms with Crippen molar-refractivity contribution in [1.29, 1.82) is 0 Å². The Labute approximate surface area is 283 Å². The zero-order chi connectivity index (χ0) is 35.3. The molecule has 0 saturated carbocycles. The van der Waals surface area contributed by atoms with Crippen LogP contribution < -0.4 is 15.0 Å². The number of aliphatic imine (C=N–C) groups is 1. The Morgan fingerprint density at radius 1 is 1.10 bits per heavy atom. The number of aromatic nitrogens is 3. The van der Waals surface area contributed by atoms with E-state index in [2.05, 4.69) is 25.1 Å². The number of halogens is 3. The normalized spacial score (nSPS) is 14.6. The number of alkyl halides is 3. The molecule has 1 atom stereocenters. The van der Waals surface area contributed by atoms with Crippen LogP contribution in [-0.2, 0) is 16.0 Å². The number of ether oxygens (including phenoxy) is 2. The van der Waals surface area contributed by atoms with E-state index in [1.807, 2.05) is 32.0 Å². The topological polar surface area (TPSA) is 131 Å². The molecule has 1 saturated heterocycles. The van der Waals surface area contributed by atoms with E-state index in [-0.39, 0.29) is 22.6 Å². The number of rotatable bonds is 9. The van der Waals surface area contributed by atoms with Gasteiger partial charge in [-0.05, 0) is 60.4 Å². The molecule has 0 aliphatic carbocycles. The van der Waals surface area contributed by atoms with E-state index in [1.165, 1.54) is 59.2 Å². The summed E-state index contributed by atoms with van der Waals surface area (Å²) in [5.74, 6) is -0.114. The highest BCUT2D eigenvalue weighted by Gasteiger charge is 2.33. The zero-order valence-corrected chi connectivity index (χ0v) is 27.7. The number of aryl methyl sites for hydroxylation is 2. The molecule has 1 fully saturated rings. The van der Waals surface area contributed by atoms with E-state index in [0.29, 0.717) is 28.3 Å². The molecule has 0 radical (unpaired) electrons. The molecule has 1 N–H and O–H groups in total. The monoisotopic (exact) mass is 695 g/mol. The molecule has 0 spiro atoms. The molecule has 3 aromatic carbocycles. The van der Waals surface area contributed by atoms with Gasteiger partial charge in [0.1, 0.15) is 18.2 Å². The van der Waals surface area contributed by atoms with Crippen molar-refractivity contribution in [2.45, 2.75) is 39.2 Å². The highest BCUT2D eigenvalue weighted by atomic mass is 32.2. The summed E-state index contributed by atoms with van der Waals surface area (Å²) in [6.45, 7) is 3.97. The summed E-state index contributed by atoms with van der Waals surface area (Å²) in [6.07, 6.45) is -3.50. The number of anilines is 1. The molecule has 4 amide bonds. The Balaban J connectivity index is 1.36. The van der Waals surface area contributed by atoms with Crippen LogP contribution in [-0.4, -0.2) is 69.1 Å². The third-order valence-corrected chi connectivity index (χ3v) is 8.31. The fraction of sp³-hybridized carbons (Fsp3) is 0.273. The fourth-order valence-corrected chi connectivity index (χ4v) is 5.93. The number of benzene rings is 3. The molecule has 2 heterocycles. The van der Waals surface area contributed by atoms with E-state index >= 15 is 0 Å². The van der Waals surface area contributed by atoms with Crippen LogP contribution >= 0.6 is 11.8 Å². The van der Waals surface area contributed by atoms with E-state index in [4.69, 9.17) is 4.74 Å². The molecule has 1 aliphatic rings. The molecular weight excluding hydrogens is 663 g/mol. The number of methoxy groups -OCH3 is 1. The fourth-order valence-electron chi connectivity index (χ4n) is 5.07. The van der Waals surface area contributed by atoms with Crippen LogP contribution in [0.3, 0.4) is 0 Å². The first-order valence-corrected chi connectivity index (χ1v) is 16.0. The van der Waals surface area contributed by atoms with E-state index in [0.717, 1.165) is 35.7 Å². The number of hydrogen-bond acceptors (Lipinski definition) is 8. The number of nitrogens with one attached hydrogen (secondary N) is 1. The second kappa shape index (κ2) is 14.8. The van der Waals surface area contributed by atoms with Crippen molar-refractivity contribution >= 4 is 40.6 Å². The van der Waals surface area contributed by atoms with Gasteiger partial charge in [0, 0.05) is 12.6 Å². The van der Waals surface area contributed by atoms with Gasteiger partial charge in [-0.3, -0.25) is 14.6 Å². The first-order chi connectivity index (χ1) is 23.4. The first kappa shape index (κ1) is 34.9. The Morgan fingerprint density at radius 2 is 1.82 bits per heavy atom. The highest BCUT2D eigenvalue weighted by Crippen LogP contribution is 2.32. The summed E-state index contributed by atoms with van der Waals surface area (Å²) in [6, 6.07) is 16.9. The Kier molecular flexibility index (Phi) is 10.6. The minimum atomic E-state index is -4.80. The maximum absolute atomic E-state index is 13.4. The lowest BCUT2D eigenvalue weighted by Gasteiger charge is -2.27. The lowest BCUT2D eigenvalue weighted by Crippen LogP contribution is -2.42. The predicted molar refractivity (Wildman–Crippen MR) is 177 cm³/mol. The molecule has 0 bridgehead atoms. The second-order valence-corrected chi connectivity index (χ2v) is 11.8. The summed E-state index contributed by atoms with van der Waals surface area (Å²) in [7, 11) is 2.67. The largest absolute Gasteiger partial charge is 0.573 e. The number of amides is 4. The maximum Gasteiger partial charge on any atom is 0.573 e. The summed E-state index contributed by atoms with van der Waals surface area (Å²) in [5, 5.41) is 7.38. The van der Waals surface area contributed by atoms with Crippen LogP contribution in [0, 0.1) is 6.92 Å². The Bertz CT molecular complexity index is 1860. The molecule has 4 aromatic rings. The molecule has 12 nitrogen and oxygen atoms in total. The molecule has 256 valence electrons. The molecule has 16 heteroatoms. The number of carbonyl (C=O) groups is 3. The quantitative estimate of drug-likeness (QED) is 0.193. The van der Waals surface area contributed by atoms with Gasteiger partial charge in [0.05, 0.1) is 24.2 Å². The van der Waals surface area contributed by atoms with Crippen molar-refractivity contribution in [3.63, 3.8) is 0 Å². The highest BCUT2D eigenvalue weighted by molar-refractivity contribution is 8.15. The smallest absolute Gasteiger partial charge is 0.453 e. The molecular formula is C33H32F3N7O5S. The van der Waals surface area contributed by atoms with Gasteiger partial charge in [-0.15, -0.1) is 18.3 Å². The van der Waals surface area contributed by atoms with Crippen molar-refractivity contribution < 1.29 is 37.0 Å². The Hall–Kier alpha value is -5.38. The lowest BCUT2D eigenvalue weighted by molar-refractivity contribution is -0.274. The average molecular weight is 696 g/mol. The van der Waals surface area contributed by atoms with Crippen LogP contribution in [0.5, 0.6) is 5.75 Å². The van der Waals surface area contributed by atoms with Gasteiger partial charge in [0.15, 0.2) is 11.0 Å². The minimum absolute atomic E-state index is 0.125.